The second kappa shape index (κ2) is 5.74. The maximum absolute atomic E-state index is 11.3. The first-order valence-electron chi connectivity index (χ1n) is 5.68. The molecule has 0 radical (unpaired) electrons. The lowest BCUT2D eigenvalue weighted by Crippen LogP contribution is -2.00. The molecule has 0 aliphatic heterocycles. The number of carbonyl (C=O) groups excluding carboxylic acids is 1. The van der Waals surface area contributed by atoms with Crippen LogP contribution in [0.25, 0.3) is 0 Å². The normalized spacial score (nSPS) is 10.1. The zero-order chi connectivity index (χ0) is 13.0. The van der Waals surface area contributed by atoms with Crippen LogP contribution < -0.4 is 4.74 Å². The molecule has 18 heavy (non-hydrogen) atoms. The van der Waals surface area contributed by atoms with Crippen molar-refractivity contribution in [3.05, 3.63) is 65.2 Å². The molecule has 2 aromatic carbocycles. The fourth-order valence-electron chi connectivity index (χ4n) is 1.74. The van der Waals surface area contributed by atoms with E-state index in [9.17, 15) is 4.79 Å². The van der Waals surface area contributed by atoms with Gasteiger partial charge in [0.15, 0.2) is 0 Å². The molecule has 92 valence electrons. The van der Waals surface area contributed by atoms with Crippen molar-refractivity contribution in [2.75, 3.05) is 0 Å². The van der Waals surface area contributed by atoms with Gasteiger partial charge in [-0.05, 0) is 24.6 Å². The largest absolute Gasteiger partial charge is 0.489 e. The molecule has 2 aromatic rings. The van der Waals surface area contributed by atoms with Gasteiger partial charge in [0.2, 0.25) is 5.12 Å². The summed E-state index contributed by atoms with van der Waals surface area (Å²) in [5, 5.41) is -0.238. The van der Waals surface area contributed by atoms with Crippen LogP contribution in [0.1, 0.15) is 21.5 Å². The monoisotopic (exact) mass is 258 g/mol. The van der Waals surface area contributed by atoms with Crippen LogP contribution >= 0.6 is 12.6 Å². The SMILES string of the molecule is Cc1c(OCc2ccccc2)cccc1C(=O)S. The quantitative estimate of drug-likeness (QED) is 0.847. The Balaban J connectivity index is 2.15. The summed E-state index contributed by atoms with van der Waals surface area (Å²) in [5.41, 5.74) is 2.51. The summed E-state index contributed by atoms with van der Waals surface area (Å²) in [7, 11) is 0. The Kier molecular flexibility index (Phi) is 4.05. The molecule has 0 unspecified atom stereocenters. The van der Waals surface area contributed by atoms with Gasteiger partial charge in [-0.3, -0.25) is 4.79 Å². The average Bonchev–Trinajstić information content (AvgIpc) is 2.38. The molecule has 0 aliphatic carbocycles. The lowest BCUT2D eigenvalue weighted by atomic mass is 10.1. The van der Waals surface area contributed by atoms with Crippen LogP contribution in [0, 0.1) is 6.92 Å². The molecule has 2 rings (SSSR count). The Morgan fingerprint density at radius 3 is 2.50 bits per heavy atom. The third kappa shape index (κ3) is 2.93. The van der Waals surface area contributed by atoms with Gasteiger partial charge >= 0.3 is 0 Å². The number of ether oxygens (including phenoxy) is 1. The van der Waals surface area contributed by atoms with Gasteiger partial charge in [0.05, 0.1) is 0 Å². The Labute approximate surface area is 112 Å². The minimum absolute atomic E-state index is 0.238. The van der Waals surface area contributed by atoms with Crippen LogP contribution in [-0.2, 0) is 6.61 Å². The van der Waals surface area contributed by atoms with Gasteiger partial charge in [0.25, 0.3) is 0 Å². The number of rotatable bonds is 4. The van der Waals surface area contributed by atoms with Gasteiger partial charge in [-0.2, -0.15) is 0 Å². The van der Waals surface area contributed by atoms with Gasteiger partial charge in [-0.15, -0.1) is 12.6 Å². The Morgan fingerprint density at radius 2 is 1.83 bits per heavy atom. The van der Waals surface area contributed by atoms with Crippen LogP contribution in [0.4, 0.5) is 0 Å². The van der Waals surface area contributed by atoms with E-state index in [1.165, 1.54) is 0 Å². The highest BCUT2D eigenvalue weighted by atomic mass is 32.1. The van der Waals surface area contributed by atoms with E-state index in [1.54, 1.807) is 12.1 Å². The molecular formula is C15H14O2S. The topological polar surface area (TPSA) is 26.3 Å². The third-order valence-electron chi connectivity index (χ3n) is 2.75. The van der Waals surface area contributed by atoms with Crippen molar-refractivity contribution < 1.29 is 9.53 Å². The van der Waals surface area contributed by atoms with Crippen LogP contribution in [0.5, 0.6) is 5.75 Å². The molecule has 0 N–H and O–H groups in total. The van der Waals surface area contributed by atoms with Crippen molar-refractivity contribution in [3.63, 3.8) is 0 Å². The maximum atomic E-state index is 11.3. The summed E-state index contributed by atoms with van der Waals surface area (Å²) in [5.74, 6) is 0.721. The van der Waals surface area contributed by atoms with E-state index in [0.717, 1.165) is 16.9 Å². The molecule has 0 heterocycles. The molecule has 0 aromatic heterocycles. The van der Waals surface area contributed by atoms with E-state index in [4.69, 9.17) is 4.74 Å². The molecular weight excluding hydrogens is 244 g/mol. The van der Waals surface area contributed by atoms with Gasteiger partial charge in [0.1, 0.15) is 12.4 Å². The molecule has 0 fully saturated rings. The molecule has 0 atom stereocenters. The number of benzene rings is 2. The number of hydrogen-bond acceptors (Lipinski definition) is 2. The summed E-state index contributed by atoms with van der Waals surface area (Å²) in [6.45, 7) is 2.36. The number of hydrogen-bond donors (Lipinski definition) is 1. The molecule has 2 nitrogen and oxygen atoms in total. The predicted octanol–water partition coefficient (Wildman–Crippen LogP) is 3.64. The molecule has 3 heteroatoms. The van der Waals surface area contributed by atoms with Crippen LogP contribution in [0.2, 0.25) is 0 Å². The molecule has 0 aliphatic rings. The van der Waals surface area contributed by atoms with Crippen LogP contribution in [0.15, 0.2) is 48.5 Å². The minimum Gasteiger partial charge on any atom is -0.489 e. The van der Waals surface area contributed by atoms with Gasteiger partial charge in [0, 0.05) is 11.1 Å². The van der Waals surface area contributed by atoms with Crippen molar-refractivity contribution in [2.45, 2.75) is 13.5 Å². The highest BCUT2D eigenvalue weighted by Crippen LogP contribution is 2.23. The lowest BCUT2D eigenvalue weighted by molar-refractivity contribution is 0.109. The van der Waals surface area contributed by atoms with Crippen molar-refractivity contribution in [2.24, 2.45) is 0 Å². The Hall–Kier alpha value is -1.74. The van der Waals surface area contributed by atoms with E-state index in [1.807, 2.05) is 43.3 Å². The predicted molar refractivity (Wildman–Crippen MR) is 75.3 cm³/mol. The summed E-state index contributed by atoms with van der Waals surface area (Å²) in [6.07, 6.45) is 0. The van der Waals surface area contributed by atoms with Crippen molar-refractivity contribution in [3.8, 4) is 5.75 Å². The standard InChI is InChI=1S/C15H14O2S/c1-11-13(15(16)18)8-5-9-14(11)17-10-12-6-3-2-4-7-12/h2-9H,10H2,1H3,(H,16,18). The van der Waals surface area contributed by atoms with Gasteiger partial charge in [-0.25, -0.2) is 0 Å². The second-order valence-corrected chi connectivity index (χ2v) is 4.41. The molecule has 0 amide bonds. The van der Waals surface area contributed by atoms with Gasteiger partial charge in [-0.1, -0.05) is 36.4 Å². The smallest absolute Gasteiger partial charge is 0.216 e. The minimum atomic E-state index is -0.238. The molecule has 0 saturated heterocycles. The van der Waals surface area contributed by atoms with Crippen molar-refractivity contribution in [1.82, 2.24) is 0 Å². The van der Waals surface area contributed by atoms with Crippen LogP contribution in [0.3, 0.4) is 0 Å². The number of thiol groups is 1. The molecule has 0 saturated carbocycles. The van der Waals surface area contributed by atoms with Gasteiger partial charge < -0.3 is 4.74 Å². The second-order valence-electron chi connectivity index (χ2n) is 4.01. The zero-order valence-electron chi connectivity index (χ0n) is 10.1. The number of carbonyl (C=O) groups is 1. The average molecular weight is 258 g/mol. The van der Waals surface area contributed by atoms with Crippen molar-refractivity contribution in [1.29, 1.82) is 0 Å². The maximum Gasteiger partial charge on any atom is 0.216 e. The zero-order valence-corrected chi connectivity index (χ0v) is 11.0. The lowest BCUT2D eigenvalue weighted by Gasteiger charge is -2.11. The van der Waals surface area contributed by atoms with E-state index in [2.05, 4.69) is 12.6 Å². The first kappa shape index (κ1) is 12.7. The van der Waals surface area contributed by atoms with E-state index >= 15 is 0 Å². The molecule has 0 bridgehead atoms. The fraction of sp³-hybridized carbons (Fsp3) is 0.133. The first-order chi connectivity index (χ1) is 8.68. The first-order valence-corrected chi connectivity index (χ1v) is 6.13. The van der Waals surface area contributed by atoms with Crippen molar-refractivity contribution >= 4 is 17.7 Å². The van der Waals surface area contributed by atoms with E-state index < -0.39 is 0 Å². The summed E-state index contributed by atoms with van der Waals surface area (Å²) in [6, 6.07) is 15.3. The Bertz CT molecular complexity index is 550. The highest BCUT2D eigenvalue weighted by Gasteiger charge is 2.09. The van der Waals surface area contributed by atoms with E-state index in [-0.39, 0.29) is 5.12 Å². The summed E-state index contributed by atoms with van der Waals surface area (Å²) in [4.78, 5) is 11.3. The highest BCUT2D eigenvalue weighted by molar-refractivity contribution is 7.97. The Morgan fingerprint density at radius 1 is 1.11 bits per heavy atom. The fourth-order valence-corrected chi connectivity index (χ4v) is 1.98. The molecule has 0 spiro atoms. The van der Waals surface area contributed by atoms with Crippen LogP contribution in [-0.4, -0.2) is 5.12 Å². The van der Waals surface area contributed by atoms with E-state index in [0.29, 0.717) is 12.2 Å². The summed E-state index contributed by atoms with van der Waals surface area (Å²) >= 11 is 3.85. The summed E-state index contributed by atoms with van der Waals surface area (Å²) < 4.78 is 5.73. The third-order valence-corrected chi connectivity index (χ3v) is 2.99.